The number of methoxy groups -OCH3 is 1. The lowest BCUT2D eigenvalue weighted by atomic mass is 10.2. The average Bonchev–Trinajstić information content (AvgIpc) is 3.15. The summed E-state index contributed by atoms with van der Waals surface area (Å²) >= 11 is 0. The molecule has 1 saturated heterocycles. The van der Waals surface area contributed by atoms with Crippen molar-refractivity contribution in [3.05, 3.63) is 54.2 Å². The Labute approximate surface area is 147 Å². The Kier molecular flexibility index (Phi) is 5.40. The van der Waals surface area contributed by atoms with Crippen molar-refractivity contribution in [2.24, 2.45) is 0 Å². The molecule has 0 unspecified atom stereocenters. The summed E-state index contributed by atoms with van der Waals surface area (Å²) in [6, 6.07) is 12.5. The van der Waals surface area contributed by atoms with E-state index in [0.29, 0.717) is 18.1 Å². The van der Waals surface area contributed by atoms with Crippen LogP contribution in [0, 0.1) is 0 Å². The average molecular weight is 339 g/mol. The molecule has 2 heterocycles. The van der Waals surface area contributed by atoms with Crippen molar-refractivity contribution < 1.29 is 14.3 Å². The van der Waals surface area contributed by atoms with E-state index < -0.39 is 5.97 Å². The lowest BCUT2D eigenvalue weighted by Crippen LogP contribution is -2.38. The van der Waals surface area contributed by atoms with Gasteiger partial charge in [0.25, 0.3) is 0 Å². The lowest BCUT2D eigenvalue weighted by Gasteiger charge is -2.25. The fourth-order valence-corrected chi connectivity index (χ4v) is 3.01. The molecule has 1 amide bonds. The largest absolute Gasteiger partial charge is 0.465 e. The summed E-state index contributed by atoms with van der Waals surface area (Å²) in [5, 5.41) is 0. The summed E-state index contributed by atoms with van der Waals surface area (Å²) in [4.78, 5) is 33.1. The van der Waals surface area contributed by atoms with Gasteiger partial charge in [-0.1, -0.05) is 18.2 Å². The van der Waals surface area contributed by atoms with Crippen LogP contribution in [-0.2, 0) is 9.53 Å². The number of hydrogen-bond donors (Lipinski definition) is 0. The zero-order chi connectivity index (χ0) is 17.6. The van der Waals surface area contributed by atoms with Gasteiger partial charge in [0.15, 0.2) is 5.82 Å². The van der Waals surface area contributed by atoms with Crippen molar-refractivity contribution in [2.75, 3.05) is 31.6 Å². The molecule has 0 radical (unpaired) electrons. The van der Waals surface area contributed by atoms with Gasteiger partial charge in [-0.25, -0.2) is 9.78 Å². The minimum atomic E-state index is -0.516. The van der Waals surface area contributed by atoms with Crippen LogP contribution >= 0.6 is 0 Å². The molecule has 0 saturated carbocycles. The monoisotopic (exact) mass is 339 g/mol. The highest BCUT2D eigenvalue weighted by molar-refractivity contribution is 6.06. The summed E-state index contributed by atoms with van der Waals surface area (Å²) in [6.45, 7) is 2.13. The number of rotatable bonds is 5. The minimum absolute atomic E-state index is 0.114. The molecule has 6 heteroatoms. The topological polar surface area (TPSA) is 62.7 Å². The summed E-state index contributed by atoms with van der Waals surface area (Å²) in [7, 11) is 1.32. The summed E-state index contributed by atoms with van der Waals surface area (Å²) in [5.74, 6) is -0.334. The summed E-state index contributed by atoms with van der Waals surface area (Å²) in [6.07, 6.45) is 3.78. The van der Waals surface area contributed by atoms with Gasteiger partial charge in [0.05, 0.1) is 19.3 Å². The van der Waals surface area contributed by atoms with Crippen molar-refractivity contribution in [2.45, 2.75) is 12.8 Å². The Morgan fingerprint density at radius 1 is 1.12 bits per heavy atom. The molecular weight excluding hydrogens is 318 g/mol. The van der Waals surface area contributed by atoms with Crippen LogP contribution in [0.25, 0.3) is 0 Å². The van der Waals surface area contributed by atoms with Crippen molar-refractivity contribution >= 4 is 23.4 Å². The molecule has 130 valence electrons. The predicted molar refractivity (Wildman–Crippen MR) is 94.8 cm³/mol. The Morgan fingerprint density at radius 3 is 2.52 bits per heavy atom. The number of likely N-dealkylation sites (tertiary alicyclic amines) is 1. The molecule has 1 fully saturated rings. The maximum absolute atomic E-state index is 13.1. The third kappa shape index (κ3) is 3.85. The van der Waals surface area contributed by atoms with E-state index in [9.17, 15) is 9.59 Å². The number of pyridine rings is 1. The first-order chi connectivity index (χ1) is 12.2. The van der Waals surface area contributed by atoms with Gasteiger partial charge in [0.1, 0.15) is 5.56 Å². The molecule has 0 bridgehead atoms. The van der Waals surface area contributed by atoms with Gasteiger partial charge >= 0.3 is 5.97 Å². The maximum Gasteiger partial charge on any atom is 0.341 e. The number of anilines is 2. The quantitative estimate of drug-likeness (QED) is 0.784. The molecule has 0 aliphatic carbocycles. The van der Waals surface area contributed by atoms with Crippen LogP contribution in [0.15, 0.2) is 48.7 Å². The highest BCUT2D eigenvalue weighted by Crippen LogP contribution is 2.27. The molecule has 1 aromatic heterocycles. The first kappa shape index (κ1) is 17.1. The molecule has 2 aromatic rings. The fraction of sp³-hybridized carbons (Fsp3) is 0.316. The van der Waals surface area contributed by atoms with Crippen LogP contribution in [0.3, 0.4) is 0 Å². The summed E-state index contributed by atoms with van der Waals surface area (Å²) in [5.41, 5.74) is 0.944. The Balaban J connectivity index is 2.00. The molecule has 0 N–H and O–H groups in total. The van der Waals surface area contributed by atoms with E-state index in [2.05, 4.69) is 9.88 Å². The van der Waals surface area contributed by atoms with Gasteiger partial charge in [-0.05, 0) is 50.2 Å². The normalized spacial score (nSPS) is 14.3. The molecule has 1 aliphatic heterocycles. The third-order valence-electron chi connectivity index (χ3n) is 4.23. The van der Waals surface area contributed by atoms with Crippen molar-refractivity contribution in [1.29, 1.82) is 0 Å². The van der Waals surface area contributed by atoms with E-state index in [0.717, 1.165) is 25.9 Å². The van der Waals surface area contributed by atoms with E-state index in [1.54, 1.807) is 18.3 Å². The molecule has 25 heavy (non-hydrogen) atoms. The number of carbonyl (C=O) groups is 2. The number of hydrogen-bond acceptors (Lipinski definition) is 5. The van der Waals surface area contributed by atoms with Crippen LogP contribution in [-0.4, -0.2) is 48.5 Å². The Bertz CT molecular complexity index is 743. The number of ether oxygens (including phenoxy) is 1. The van der Waals surface area contributed by atoms with E-state index in [1.165, 1.54) is 12.0 Å². The van der Waals surface area contributed by atoms with E-state index in [4.69, 9.17) is 4.74 Å². The number of amides is 1. The van der Waals surface area contributed by atoms with Gasteiger partial charge in [-0.15, -0.1) is 0 Å². The molecule has 0 atom stereocenters. The first-order valence-corrected chi connectivity index (χ1v) is 8.34. The first-order valence-electron chi connectivity index (χ1n) is 8.34. The number of nitrogens with zero attached hydrogens (tertiary/aromatic N) is 3. The smallest absolute Gasteiger partial charge is 0.341 e. The Morgan fingerprint density at radius 2 is 1.84 bits per heavy atom. The number of para-hydroxylation sites is 1. The van der Waals surface area contributed by atoms with Crippen molar-refractivity contribution in [3.63, 3.8) is 0 Å². The lowest BCUT2D eigenvalue weighted by molar-refractivity contribution is -0.118. The summed E-state index contributed by atoms with van der Waals surface area (Å²) < 4.78 is 4.85. The SMILES string of the molecule is COC(=O)c1cccnc1N(C(=O)CN1CCCC1)c1ccccc1. The molecule has 0 spiro atoms. The van der Waals surface area contributed by atoms with Crippen LogP contribution in [0.1, 0.15) is 23.2 Å². The molecule has 1 aliphatic rings. The molecule has 1 aromatic carbocycles. The predicted octanol–water partition coefficient (Wildman–Crippen LogP) is 2.63. The van der Waals surface area contributed by atoms with E-state index >= 15 is 0 Å². The zero-order valence-electron chi connectivity index (χ0n) is 14.2. The minimum Gasteiger partial charge on any atom is -0.465 e. The molecule has 6 nitrogen and oxygen atoms in total. The van der Waals surface area contributed by atoms with Crippen LogP contribution in [0.5, 0.6) is 0 Å². The van der Waals surface area contributed by atoms with Crippen LogP contribution < -0.4 is 4.90 Å². The Hall–Kier alpha value is -2.73. The third-order valence-corrected chi connectivity index (χ3v) is 4.23. The standard InChI is InChI=1S/C19H21N3O3/c1-25-19(24)16-10-7-11-20-18(16)22(15-8-3-2-4-9-15)17(23)14-21-12-5-6-13-21/h2-4,7-11H,5-6,12-14H2,1H3. The van der Waals surface area contributed by atoms with Gasteiger partial charge in [0.2, 0.25) is 5.91 Å². The highest BCUT2D eigenvalue weighted by atomic mass is 16.5. The maximum atomic E-state index is 13.1. The number of carbonyl (C=O) groups excluding carboxylic acids is 2. The second-order valence-corrected chi connectivity index (χ2v) is 5.91. The number of aromatic nitrogens is 1. The fourth-order valence-electron chi connectivity index (χ4n) is 3.01. The number of esters is 1. The number of benzene rings is 1. The van der Waals surface area contributed by atoms with E-state index in [1.807, 2.05) is 30.3 Å². The van der Waals surface area contributed by atoms with E-state index in [-0.39, 0.29) is 11.5 Å². The molecular formula is C19H21N3O3. The van der Waals surface area contributed by atoms with Crippen LogP contribution in [0.4, 0.5) is 11.5 Å². The highest BCUT2D eigenvalue weighted by Gasteiger charge is 2.27. The second kappa shape index (κ2) is 7.90. The van der Waals surface area contributed by atoms with Gasteiger partial charge in [-0.3, -0.25) is 14.6 Å². The second-order valence-electron chi connectivity index (χ2n) is 5.91. The van der Waals surface area contributed by atoms with Gasteiger partial charge in [-0.2, -0.15) is 0 Å². The van der Waals surface area contributed by atoms with Crippen molar-refractivity contribution in [1.82, 2.24) is 9.88 Å². The molecule has 3 rings (SSSR count). The zero-order valence-corrected chi connectivity index (χ0v) is 14.2. The van der Waals surface area contributed by atoms with Crippen LogP contribution in [0.2, 0.25) is 0 Å². The van der Waals surface area contributed by atoms with Crippen molar-refractivity contribution in [3.8, 4) is 0 Å². The van der Waals surface area contributed by atoms with Gasteiger partial charge < -0.3 is 4.74 Å². The van der Waals surface area contributed by atoms with Gasteiger partial charge in [0, 0.05) is 6.20 Å².